The molecule has 0 spiro atoms. The van der Waals surface area contributed by atoms with E-state index in [-0.39, 0.29) is 6.03 Å². The van der Waals surface area contributed by atoms with Gasteiger partial charge in [0.25, 0.3) is 0 Å². The molecule has 100 valence electrons. The van der Waals surface area contributed by atoms with Gasteiger partial charge in [-0.2, -0.15) is 11.3 Å². The third-order valence-electron chi connectivity index (χ3n) is 3.60. The molecular weight excluding hydrogens is 244 g/mol. The molecule has 3 nitrogen and oxygen atoms in total. The van der Waals surface area contributed by atoms with Gasteiger partial charge >= 0.3 is 6.03 Å². The molecule has 0 bridgehead atoms. The van der Waals surface area contributed by atoms with Crippen LogP contribution < -0.4 is 5.32 Å². The van der Waals surface area contributed by atoms with E-state index < -0.39 is 0 Å². The number of amides is 2. The molecule has 1 atom stereocenters. The summed E-state index contributed by atoms with van der Waals surface area (Å²) in [6, 6.07) is 2.91. The Morgan fingerprint density at radius 2 is 2.22 bits per heavy atom. The molecule has 0 radical (unpaired) electrons. The highest BCUT2D eigenvalue weighted by Crippen LogP contribution is 2.30. The molecule has 2 amide bonds. The molecule has 4 heteroatoms. The summed E-state index contributed by atoms with van der Waals surface area (Å²) in [7, 11) is 0. The first kappa shape index (κ1) is 13.4. The van der Waals surface area contributed by atoms with Gasteiger partial charge in [0, 0.05) is 18.6 Å². The van der Waals surface area contributed by atoms with Crippen molar-refractivity contribution in [3.8, 4) is 0 Å². The van der Waals surface area contributed by atoms with Gasteiger partial charge in [-0.3, -0.25) is 0 Å². The highest BCUT2D eigenvalue weighted by Gasteiger charge is 2.36. The average molecular weight is 266 g/mol. The van der Waals surface area contributed by atoms with E-state index >= 15 is 0 Å². The van der Waals surface area contributed by atoms with Gasteiger partial charge in [-0.05, 0) is 48.1 Å². The van der Waals surface area contributed by atoms with Gasteiger partial charge in [-0.25, -0.2) is 4.79 Å². The van der Waals surface area contributed by atoms with Crippen LogP contribution in [0, 0.1) is 5.92 Å². The van der Waals surface area contributed by atoms with Gasteiger partial charge < -0.3 is 10.2 Å². The van der Waals surface area contributed by atoms with Gasteiger partial charge in [0.15, 0.2) is 0 Å². The molecule has 1 aliphatic carbocycles. The normalized spacial score (nSPS) is 16.7. The summed E-state index contributed by atoms with van der Waals surface area (Å²) in [5.41, 5.74) is 1.18. The Bertz CT molecular complexity index is 385. The van der Waals surface area contributed by atoms with Crippen molar-refractivity contribution in [3.05, 3.63) is 22.4 Å². The van der Waals surface area contributed by atoms with Crippen LogP contribution in [0.15, 0.2) is 16.8 Å². The first-order valence-electron chi connectivity index (χ1n) is 6.67. The van der Waals surface area contributed by atoms with Crippen molar-refractivity contribution in [2.45, 2.75) is 52.2 Å². The van der Waals surface area contributed by atoms with Gasteiger partial charge in [0.05, 0.1) is 0 Å². The second-order valence-corrected chi connectivity index (χ2v) is 6.19. The minimum atomic E-state index is 0.0879. The lowest BCUT2D eigenvalue weighted by Gasteiger charge is -2.32. The Balaban J connectivity index is 1.91. The van der Waals surface area contributed by atoms with Gasteiger partial charge in [0.1, 0.15) is 0 Å². The van der Waals surface area contributed by atoms with Gasteiger partial charge in [-0.1, -0.05) is 13.8 Å². The fourth-order valence-corrected chi connectivity index (χ4v) is 2.69. The van der Waals surface area contributed by atoms with Crippen LogP contribution in [-0.4, -0.2) is 23.0 Å². The second kappa shape index (κ2) is 5.74. The summed E-state index contributed by atoms with van der Waals surface area (Å²) in [6.07, 6.45) is 2.31. The highest BCUT2D eigenvalue weighted by atomic mass is 32.1. The number of thiophene rings is 1. The zero-order chi connectivity index (χ0) is 13.1. The zero-order valence-corrected chi connectivity index (χ0v) is 12.2. The maximum Gasteiger partial charge on any atom is 0.318 e. The molecule has 18 heavy (non-hydrogen) atoms. The van der Waals surface area contributed by atoms with Crippen molar-refractivity contribution in [2.24, 2.45) is 5.92 Å². The number of rotatable bonds is 5. The monoisotopic (exact) mass is 266 g/mol. The van der Waals surface area contributed by atoms with Crippen LogP contribution >= 0.6 is 11.3 Å². The van der Waals surface area contributed by atoms with Crippen LogP contribution in [0.4, 0.5) is 4.79 Å². The van der Waals surface area contributed by atoms with E-state index in [4.69, 9.17) is 0 Å². The van der Waals surface area contributed by atoms with Crippen molar-refractivity contribution >= 4 is 17.4 Å². The maximum atomic E-state index is 12.3. The molecule has 1 N–H and O–H groups in total. The number of nitrogens with one attached hydrogen (secondary N) is 1. The fraction of sp³-hybridized carbons (Fsp3) is 0.643. The summed E-state index contributed by atoms with van der Waals surface area (Å²) >= 11 is 1.66. The van der Waals surface area contributed by atoms with Crippen LogP contribution in [0.2, 0.25) is 0 Å². The fourth-order valence-electron chi connectivity index (χ4n) is 2.02. The molecular formula is C14H22N2OS. The predicted octanol–water partition coefficient (Wildman–Crippen LogP) is 3.47. The van der Waals surface area contributed by atoms with E-state index in [1.54, 1.807) is 11.3 Å². The largest absolute Gasteiger partial charge is 0.334 e. The standard InChI is InChI=1S/C14H22N2OS/c1-10(2)11(3)16(13-4-5-13)14(17)15-8-12-6-7-18-9-12/h6-7,9-11,13H,4-5,8H2,1-3H3,(H,15,17). The molecule has 0 aliphatic heterocycles. The lowest BCUT2D eigenvalue weighted by Crippen LogP contribution is -2.48. The van der Waals surface area contributed by atoms with E-state index in [2.05, 4.69) is 37.5 Å². The van der Waals surface area contributed by atoms with E-state index in [0.717, 1.165) is 12.8 Å². The molecule has 1 aromatic heterocycles. The molecule has 1 saturated carbocycles. The van der Waals surface area contributed by atoms with Crippen LogP contribution in [0.5, 0.6) is 0 Å². The zero-order valence-electron chi connectivity index (χ0n) is 11.3. The number of carbonyl (C=O) groups excluding carboxylic acids is 1. The summed E-state index contributed by atoms with van der Waals surface area (Å²) in [5.74, 6) is 0.498. The molecule has 1 aliphatic rings. The van der Waals surface area contributed by atoms with Gasteiger partial charge in [0.2, 0.25) is 0 Å². The van der Waals surface area contributed by atoms with Crippen molar-refractivity contribution in [2.75, 3.05) is 0 Å². The van der Waals surface area contributed by atoms with Crippen LogP contribution in [-0.2, 0) is 6.54 Å². The number of nitrogens with zero attached hydrogens (tertiary/aromatic N) is 1. The number of carbonyl (C=O) groups is 1. The van der Waals surface area contributed by atoms with Crippen molar-refractivity contribution in [1.29, 1.82) is 0 Å². The Kier molecular flexibility index (Phi) is 4.27. The molecule has 2 rings (SSSR count). The minimum absolute atomic E-state index is 0.0879. The first-order chi connectivity index (χ1) is 8.59. The van der Waals surface area contributed by atoms with E-state index in [0.29, 0.717) is 24.5 Å². The van der Waals surface area contributed by atoms with Crippen molar-refractivity contribution in [1.82, 2.24) is 10.2 Å². The molecule has 1 unspecified atom stereocenters. The lowest BCUT2D eigenvalue weighted by molar-refractivity contribution is 0.156. The maximum absolute atomic E-state index is 12.3. The van der Waals surface area contributed by atoms with E-state index in [9.17, 15) is 4.79 Å². The van der Waals surface area contributed by atoms with Crippen molar-refractivity contribution in [3.63, 3.8) is 0 Å². The lowest BCUT2D eigenvalue weighted by atomic mass is 10.0. The first-order valence-corrected chi connectivity index (χ1v) is 7.61. The van der Waals surface area contributed by atoms with Crippen LogP contribution in [0.3, 0.4) is 0 Å². The average Bonchev–Trinajstić information content (AvgIpc) is 3.02. The molecule has 0 aromatic carbocycles. The van der Waals surface area contributed by atoms with Crippen LogP contribution in [0.1, 0.15) is 39.2 Å². The second-order valence-electron chi connectivity index (χ2n) is 5.41. The summed E-state index contributed by atoms with van der Waals surface area (Å²) < 4.78 is 0. The minimum Gasteiger partial charge on any atom is -0.334 e. The Hall–Kier alpha value is -1.03. The molecule has 1 fully saturated rings. The topological polar surface area (TPSA) is 32.3 Å². The van der Waals surface area contributed by atoms with E-state index in [1.807, 2.05) is 10.3 Å². The Morgan fingerprint density at radius 3 is 2.72 bits per heavy atom. The summed E-state index contributed by atoms with van der Waals surface area (Å²) in [5, 5.41) is 7.15. The summed E-state index contributed by atoms with van der Waals surface area (Å²) in [4.78, 5) is 14.3. The SMILES string of the molecule is CC(C)C(C)N(C(=O)NCc1ccsc1)C1CC1. The molecule has 0 saturated heterocycles. The van der Waals surface area contributed by atoms with Crippen molar-refractivity contribution < 1.29 is 4.79 Å². The molecule has 1 aromatic rings. The highest BCUT2D eigenvalue weighted by molar-refractivity contribution is 7.07. The number of urea groups is 1. The van der Waals surface area contributed by atoms with Gasteiger partial charge in [-0.15, -0.1) is 0 Å². The Labute approximate surface area is 113 Å². The smallest absolute Gasteiger partial charge is 0.318 e. The summed E-state index contributed by atoms with van der Waals surface area (Å²) in [6.45, 7) is 7.13. The quantitative estimate of drug-likeness (QED) is 0.869. The third kappa shape index (κ3) is 3.25. The molecule has 1 heterocycles. The number of hydrogen-bond acceptors (Lipinski definition) is 2. The predicted molar refractivity (Wildman–Crippen MR) is 75.7 cm³/mol. The third-order valence-corrected chi connectivity index (χ3v) is 4.33. The van der Waals surface area contributed by atoms with E-state index in [1.165, 1.54) is 5.56 Å². The Morgan fingerprint density at radius 1 is 1.50 bits per heavy atom. The van der Waals surface area contributed by atoms with Crippen LogP contribution in [0.25, 0.3) is 0 Å². The number of hydrogen-bond donors (Lipinski definition) is 1.